The number of nitrogens with zero attached hydrogens (tertiary/aromatic N) is 2. The van der Waals surface area contributed by atoms with E-state index in [9.17, 15) is 13.2 Å². The van der Waals surface area contributed by atoms with Gasteiger partial charge in [-0.25, -0.2) is 13.6 Å². The molecule has 1 amide bonds. The molecule has 0 spiro atoms. The normalized spacial score (nSPS) is 19.0. The van der Waals surface area contributed by atoms with Crippen LogP contribution in [0.1, 0.15) is 52.4 Å². The van der Waals surface area contributed by atoms with Crippen molar-refractivity contribution in [3.8, 4) is 0 Å². The molecule has 1 saturated heterocycles. The summed E-state index contributed by atoms with van der Waals surface area (Å²) in [5.41, 5.74) is 0. The number of rotatable bonds is 12. The molecule has 0 radical (unpaired) electrons. The van der Waals surface area contributed by atoms with Crippen LogP contribution in [0, 0.1) is 5.92 Å². The van der Waals surface area contributed by atoms with Gasteiger partial charge in [0.05, 0.1) is 5.75 Å². The first kappa shape index (κ1) is 20.4. The Labute approximate surface area is 141 Å². The lowest BCUT2D eigenvalue weighted by Crippen LogP contribution is -2.32. The Bertz CT molecular complexity index is 445. The van der Waals surface area contributed by atoms with Crippen molar-refractivity contribution in [1.82, 2.24) is 9.80 Å². The maximum Gasteiger partial charge on any atom is 0.222 e. The molecule has 1 rings (SSSR count). The van der Waals surface area contributed by atoms with E-state index in [1.54, 1.807) is 4.90 Å². The number of hydrogen-bond donors (Lipinski definition) is 1. The van der Waals surface area contributed by atoms with E-state index >= 15 is 0 Å². The SMILES string of the molecule is CCCCN(CCCC)CCCN1CC(CS(N)(=O)=O)CC1=O. The lowest BCUT2D eigenvalue weighted by Gasteiger charge is -2.23. The van der Waals surface area contributed by atoms with Crippen LogP contribution in [0.5, 0.6) is 0 Å². The highest BCUT2D eigenvalue weighted by atomic mass is 32.2. The third-order valence-electron chi connectivity index (χ3n) is 4.32. The summed E-state index contributed by atoms with van der Waals surface area (Å²) in [6.07, 6.45) is 6.07. The van der Waals surface area contributed by atoms with Crippen LogP contribution in [0.25, 0.3) is 0 Å². The first-order chi connectivity index (χ1) is 10.9. The number of likely N-dealkylation sites (tertiary alicyclic amines) is 1. The van der Waals surface area contributed by atoms with Crippen LogP contribution in [-0.2, 0) is 14.8 Å². The van der Waals surface area contributed by atoms with Gasteiger partial charge in [-0.05, 0) is 38.9 Å². The summed E-state index contributed by atoms with van der Waals surface area (Å²) in [7, 11) is -3.50. The second-order valence-corrected chi connectivity index (χ2v) is 8.30. The van der Waals surface area contributed by atoms with Gasteiger partial charge in [-0.15, -0.1) is 0 Å². The lowest BCUT2D eigenvalue weighted by molar-refractivity contribution is -0.127. The van der Waals surface area contributed by atoms with Gasteiger partial charge < -0.3 is 9.80 Å². The van der Waals surface area contributed by atoms with Crippen molar-refractivity contribution in [1.29, 1.82) is 0 Å². The van der Waals surface area contributed by atoms with Gasteiger partial charge in [0, 0.05) is 25.4 Å². The molecule has 0 aromatic carbocycles. The van der Waals surface area contributed by atoms with Crippen LogP contribution >= 0.6 is 0 Å². The Morgan fingerprint density at radius 3 is 2.22 bits per heavy atom. The number of hydrogen-bond acceptors (Lipinski definition) is 4. The summed E-state index contributed by atoms with van der Waals surface area (Å²) in [4.78, 5) is 16.2. The highest BCUT2D eigenvalue weighted by Gasteiger charge is 2.31. The predicted molar refractivity (Wildman–Crippen MR) is 93.5 cm³/mol. The molecule has 0 saturated carbocycles. The second kappa shape index (κ2) is 10.3. The number of nitrogens with two attached hydrogens (primary N) is 1. The Morgan fingerprint density at radius 1 is 1.13 bits per heavy atom. The van der Waals surface area contributed by atoms with Crippen molar-refractivity contribution in [2.75, 3.05) is 38.5 Å². The summed E-state index contributed by atoms with van der Waals surface area (Å²) in [5.74, 6) is -0.171. The number of sulfonamides is 1. The Hall–Kier alpha value is -0.660. The quantitative estimate of drug-likeness (QED) is 0.579. The highest BCUT2D eigenvalue weighted by Crippen LogP contribution is 2.19. The predicted octanol–water partition coefficient (Wildman–Crippen LogP) is 1.42. The van der Waals surface area contributed by atoms with E-state index in [1.807, 2.05) is 0 Å². The second-order valence-electron chi connectivity index (χ2n) is 6.64. The van der Waals surface area contributed by atoms with E-state index in [4.69, 9.17) is 5.14 Å². The fourth-order valence-corrected chi connectivity index (χ4v) is 3.97. The molecule has 1 aliphatic heterocycles. The summed E-state index contributed by atoms with van der Waals surface area (Å²) in [6.45, 7) is 8.90. The molecule has 6 nitrogen and oxygen atoms in total. The fourth-order valence-electron chi connectivity index (χ4n) is 3.09. The maximum absolute atomic E-state index is 12.0. The van der Waals surface area contributed by atoms with Crippen LogP contribution < -0.4 is 5.14 Å². The molecular formula is C16H33N3O3S. The number of unbranched alkanes of at least 4 members (excludes halogenated alkanes) is 2. The van der Waals surface area contributed by atoms with Crippen molar-refractivity contribution in [3.63, 3.8) is 0 Å². The molecule has 1 unspecified atom stereocenters. The van der Waals surface area contributed by atoms with Gasteiger partial charge in [-0.1, -0.05) is 26.7 Å². The molecule has 1 heterocycles. The molecule has 0 bridgehead atoms. The molecule has 1 atom stereocenters. The molecule has 136 valence electrons. The van der Waals surface area contributed by atoms with Crippen LogP contribution in [0.15, 0.2) is 0 Å². The maximum atomic E-state index is 12.0. The zero-order valence-electron chi connectivity index (χ0n) is 14.7. The summed E-state index contributed by atoms with van der Waals surface area (Å²) in [6, 6.07) is 0. The summed E-state index contributed by atoms with van der Waals surface area (Å²) < 4.78 is 22.3. The van der Waals surface area contributed by atoms with Crippen molar-refractivity contribution in [2.24, 2.45) is 11.1 Å². The average Bonchev–Trinajstić information content (AvgIpc) is 2.79. The molecule has 0 aromatic rings. The van der Waals surface area contributed by atoms with Crippen LogP contribution in [0.2, 0.25) is 0 Å². The zero-order chi connectivity index (χ0) is 17.3. The minimum absolute atomic E-state index is 0.0623. The standard InChI is InChI=1S/C16H33N3O3S/c1-3-5-8-18(9-6-4-2)10-7-11-19-13-15(12-16(19)20)14-23(17,21)22/h15H,3-14H2,1-2H3,(H2,17,21,22). The molecule has 0 aromatic heterocycles. The van der Waals surface area contributed by atoms with E-state index < -0.39 is 10.0 Å². The van der Waals surface area contributed by atoms with Gasteiger partial charge in [0.25, 0.3) is 0 Å². The highest BCUT2D eigenvalue weighted by molar-refractivity contribution is 7.89. The number of carbonyl (C=O) groups is 1. The molecule has 0 aliphatic carbocycles. The minimum Gasteiger partial charge on any atom is -0.342 e. The molecule has 2 N–H and O–H groups in total. The molecule has 7 heteroatoms. The minimum atomic E-state index is -3.50. The average molecular weight is 348 g/mol. The van der Waals surface area contributed by atoms with E-state index in [0.717, 1.165) is 26.1 Å². The number of carbonyl (C=O) groups excluding carboxylic acids is 1. The lowest BCUT2D eigenvalue weighted by atomic mass is 10.1. The molecular weight excluding hydrogens is 314 g/mol. The topological polar surface area (TPSA) is 83.7 Å². The molecule has 1 fully saturated rings. The van der Waals surface area contributed by atoms with Crippen LogP contribution in [-0.4, -0.2) is 62.6 Å². The smallest absolute Gasteiger partial charge is 0.222 e. The van der Waals surface area contributed by atoms with Crippen molar-refractivity contribution in [2.45, 2.75) is 52.4 Å². The Balaban J connectivity index is 2.33. The van der Waals surface area contributed by atoms with Gasteiger partial charge in [-0.2, -0.15) is 0 Å². The summed E-state index contributed by atoms with van der Waals surface area (Å²) >= 11 is 0. The first-order valence-electron chi connectivity index (χ1n) is 8.86. The van der Waals surface area contributed by atoms with E-state index in [2.05, 4.69) is 18.7 Å². The van der Waals surface area contributed by atoms with Gasteiger partial charge in [0.2, 0.25) is 15.9 Å². The van der Waals surface area contributed by atoms with Crippen LogP contribution in [0.3, 0.4) is 0 Å². The van der Waals surface area contributed by atoms with E-state index in [0.29, 0.717) is 19.5 Å². The summed E-state index contributed by atoms with van der Waals surface area (Å²) in [5, 5.41) is 5.07. The van der Waals surface area contributed by atoms with Crippen molar-refractivity contribution in [3.05, 3.63) is 0 Å². The van der Waals surface area contributed by atoms with Gasteiger partial charge in [0.1, 0.15) is 0 Å². The number of amides is 1. The molecule has 23 heavy (non-hydrogen) atoms. The van der Waals surface area contributed by atoms with E-state index in [-0.39, 0.29) is 17.6 Å². The van der Waals surface area contributed by atoms with Gasteiger partial charge in [-0.3, -0.25) is 4.79 Å². The molecule has 1 aliphatic rings. The van der Waals surface area contributed by atoms with Crippen LogP contribution in [0.4, 0.5) is 0 Å². The number of primary sulfonamides is 1. The fraction of sp³-hybridized carbons (Fsp3) is 0.938. The van der Waals surface area contributed by atoms with Gasteiger partial charge in [0.15, 0.2) is 0 Å². The zero-order valence-corrected chi connectivity index (χ0v) is 15.5. The Kier molecular flexibility index (Phi) is 9.09. The third kappa shape index (κ3) is 8.67. The van der Waals surface area contributed by atoms with Crippen molar-refractivity contribution < 1.29 is 13.2 Å². The largest absolute Gasteiger partial charge is 0.342 e. The Morgan fingerprint density at radius 2 is 1.70 bits per heavy atom. The first-order valence-corrected chi connectivity index (χ1v) is 10.6. The van der Waals surface area contributed by atoms with Crippen molar-refractivity contribution >= 4 is 15.9 Å². The van der Waals surface area contributed by atoms with E-state index in [1.165, 1.54) is 25.7 Å². The third-order valence-corrected chi connectivity index (χ3v) is 5.26. The van der Waals surface area contributed by atoms with Gasteiger partial charge >= 0.3 is 0 Å². The monoisotopic (exact) mass is 347 g/mol.